The maximum atomic E-state index is 12.9. The zero-order valence-corrected chi connectivity index (χ0v) is 14.6. The number of benzene rings is 1. The number of rotatable bonds is 7. The van der Waals surface area contributed by atoms with Gasteiger partial charge in [-0.15, -0.1) is 6.58 Å². The lowest BCUT2D eigenvalue weighted by molar-refractivity contribution is 0.0684. The molecule has 2 aromatic rings. The van der Waals surface area contributed by atoms with Gasteiger partial charge in [-0.3, -0.25) is 9.59 Å². The Kier molecular flexibility index (Phi) is 6.46. The van der Waals surface area contributed by atoms with Gasteiger partial charge in [0.15, 0.2) is 0 Å². The third-order valence-corrected chi connectivity index (χ3v) is 3.69. The smallest absolute Gasteiger partial charge is 0.273 e. The van der Waals surface area contributed by atoms with E-state index in [-0.39, 0.29) is 29.2 Å². The molecule has 0 unspecified atom stereocenters. The van der Waals surface area contributed by atoms with E-state index in [0.717, 1.165) is 5.56 Å². The average molecular weight is 337 g/mol. The molecule has 5 heteroatoms. The van der Waals surface area contributed by atoms with Crippen LogP contribution in [-0.2, 0) is 6.54 Å². The Balaban J connectivity index is 2.21. The Bertz CT molecular complexity index is 742. The van der Waals surface area contributed by atoms with Gasteiger partial charge in [-0.05, 0) is 31.5 Å². The van der Waals surface area contributed by atoms with Crippen LogP contribution in [0.4, 0.5) is 0 Å². The third-order valence-electron chi connectivity index (χ3n) is 3.69. The molecule has 1 aromatic carbocycles. The maximum Gasteiger partial charge on any atom is 0.273 e. The molecule has 2 rings (SSSR count). The van der Waals surface area contributed by atoms with Gasteiger partial charge in [0.05, 0.1) is 0 Å². The van der Waals surface area contributed by atoms with Crippen LogP contribution in [0.15, 0.2) is 61.2 Å². The summed E-state index contributed by atoms with van der Waals surface area (Å²) in [5.41, 5.74) is 1.52. The number of hydrogen-bond acceptors (Lipinski definition) is 3. The molecule has 0 aliphatic rings. The third kappa shape index (κ3) is 5.01. The van der Waals surface area contributed by atoms with E-state index in [2.05, 4.69) is 16.9 Å². The van der Waals surface area contributed by atoms with Gasteiger partial charge in [0.2, 0.25) is 0 Å². The predicted octanol–water partition coefficient (Wildman–Crippen LogP) is 3.05. The predicted molar refractivity (Wildman–Crippen MR) is 98.2 cm³/mol. The van der Waals surface area contributed by atoms with Crippen molar-refractivity contribution in [3.05, 3.63) is 78.1 Å². The Morgan fingerprint density at radius 3 is 2.44 bits per heavy atom. The van der Waals surface area contributed by atoms with Gasteiger partial charge in [-0.2, -0.15) is 0 Å². The zero-order valence-electron chi connectivity index (χ0n) is 14.6. The maximum absolute atomic E-state index is 12.9. The number of carbonyl (C=O) groups is 2. The summed E-state index contributed by atoms with van der Waals surface area (Å²) in [4.78, 5) is 30.9. The lowest BCUT2D eigenvalue weighted by Gasteiger charge is -2.26. The van der Waals surface area contributed by atoms with Crippen molar-refractivity contribution in [3.63, 3.8) is 0 Å². The standard InChI is InChI=1S/C20H23N3O2/c1-4-13-21-19(24)17-11-8-12-18(22-17)20(25)23(15(2)3)14-16-9-6-5-7-10-16/h4-12,15H,1,13-14H2,2-3H3,(H,21,24). The molecule has 0 bridgehead atoms. The van der Waals surface area contributed by atoms with Crippen LogP contribution in [0.1, 0.15) is 40.4 Å². The van der Waals surface area contributed by atoms with E-state index < -0.39 is 0 Å². The van der Waals surface area contributed by atoms with Gasteiger partial charge in [0.25, 0.3) is 11.8 Å². The molecule has 1 heterocycles. The summed E-state index contributed by atoms with van der Waals surface area (Å²) in [5.74, 6) is -0.522. The van der Waals surface area contributed by atoms with Crippen molar-refractivity contribution in [2.24, 2.45) is 0 Å². The van der Waals surface area contributed by atoms with Crippen molar-refractivity contribution in [3.8, 4) is 0 Å². The van der Waals surface area contributed by atoms with Crippen LogP contribution < -0.4 is 5.32 Å². The highest BCUT2D eigenvalue weighted by molar-refractivity contribution is 5.96. The van der Waals surface area contributed by atoms with Gasteiger partial charge in [0, 0.05) is 19.1 Å². The monoisotopic (exact) mass is 337 g/mol. The molecule has 1 N–H and O–H groups in total. The summed E-state index contributed by atoms with van der Waals surface area (Å²) in [6, 6.07) is 14.7. The first kappa shape index (κ1) is 18.4. The minimum Gasteiger partial charge on any atom is -0.347 e. The lowest BCUT2D eigenvalue weighted by Crippen LogP contribution is -2.37. The fraction of sp³-hybridized carbons (Fsp3) is 0.250. The van der Waals surface area contributed by atoms with Gasteiger partial charge < -0.3 is 10.2 Å². The van der Waals surface area contributed by atoms with Crippen molar-refractivity contribution in [2.45, 2.75) is 26.4 Å². The second-order valence-electron chi connectivity index (χ2n) is 5.92. The molecule has 130 valence electrons. The number of carbonyl (C=O) groups excluding carboxylic acids is 2. The highest BCUT2D eigenvalue weighted by Crippen LogP contribution is 2.13. The van der Waals surface area contributed by atoms with E-state index in [9.17, 15) is 9.59 Å². The molecule has 0 saturated heterocycles. The van der Waals surface area contributed by atoms with Crippen LogP contribution in [0.3, 0.4) is 0 Å². The highest BCUT2D eigenvalue weighted by Gasteiger charge is 2.21. The van der Waals surface area contributed by atoms with Gasteiger partial charge >= 0.3 is 0 Å². The molecule has 0 aliphatic heterocycles. The topological polar surface area (TPSA) is 62.3 Å². The fourth-order valence-electron chi connectivity index (χ4n) is 2.35. The molecule has 1 aromatic heterocycles. The number of pyridine rings is 1. The molecule has 25 heavy (non-hydrogen) atoms. The minimum atomic E-state index is -0.325. The molecular weight excluding hydrogens is 314 g/mol. The summed E-state index contributed by atoms with van der Waals surface area (Å²) >= 11 is 0. The number of nitrogens with zero attached hydrogens (tertiary/aromatic N) is 2. The highest BCUT2D eigenvalue weighted by atomic mass is 16.2. The molecule has 0 spiro atoms. The van der Waals surface area contributed by atoms with Crippen molar-refractivity contribution in [2.75, 3.05) is 6.54 Å². The Hall–Kier alpha value is -2.95. The number of nitrogens with one attached hydrogen (secondary N) is 1. The Morgan fingerprint density at radius 1 is 1.12 bits per heavy atom. The van der Waals surface area contributed by atoms with E-state index in [1.807, 2.05) is 44.2 Å². The van der Waals surface area contributed by atoms with Crippen LogP contribution in [0.25, 0.3) is 0 Å². The number of amides is 2. The Morgan fingerprint density at radius 2 is 1.80 bits per heavy atom. The molecule has 0 radical (unpaired) electrons. The summed E-state index contributed by atoms with van der Waals surface area (Å²) in [5, 5.41) is 2.66. The van der Waals surface area contributed by atoms with Crippen LogP contribution in [0.5, 0.6) is 0 Å². The lowest BCUT2D eigenvalue weighted by atomic mass is 10.1. The van der Waals surface area contributed by atoms with E-state index in [1.54, 1.807) is 29.2 Å². The quantitative estimate of drug-likeness (QED) is 0.790. The Labute approximate surface area is 148 Å². The second-order valence-corrected chi connectivity index (χ2v) is 5.92. The molecule has 0 saturated carbocycles. The van der Waals surface area contributed by atoms with E-state index in [1.165, 1.54) is 0 Å². The summed E-state index contributed by atoms with van der Waals surface area (Å²) in [6.07, 6.45) is 1.59. The van der Waals surface area contributed by atoms with Crippen LogP contribution >= 0.6 is 0 Å². The summed E-state index contributed by atoms with van der Waals surface area (Å²) in [6.45, 7) is 8.32. The van der Waals surface area contributed by atoms with Crippen LogP contribution in [-0.4, -0.2) is 34.3 Å². The first-order chi connectivity index (χ1) is 12.0. The van der Waals surface area contributed by atoms with E-state index in [4.69, 9.17) is 0 Å². The number of aromatic nitrogens is 1. The van der Waals surface area contributed by atoms with E-state index in [0.29, 0.717) is 13.1 Å². The van der Waals surface area contributed by atoms with Crippen molar-refractivity contribution in [1.82, 2.24) is 15.2 Å². The minimum absolute atomic E-state index is 0.00718. The first-order valence-electron chi connectivity index (χ1n) is 8.24. The SMILES string of the molecule is C=CCNC(=O)c1cccc(C(=O)N(Cc2ccccc2)C(C)C)n1. The largest absolute Gasteiger partial charge is 0.347 e. The van der Waals surface area contributed by atoms with Crippen LogP contribution in [0.2, 0.25) is 0 Å². The second kappa shape index (κ2) is 8.78. The van der Waals surface area contributed by atoms with Crippen molar-refractivity contribution >= 4 is 11.8 Å². The zero-order chi connectivity index (χ0) is 18.2. The van der Waals surface area contributed by atoms with E-state index >= 15 is 0 Å². The van der Waals surface area contributed by atoms with Gasteiger partial charge in [-0.1, -0.05) is 42.5 Å². The molecule has 0 fully saturated rings. The number of hydrogen-bond donors (Lipinski definition) is 1. The van der Waals surface area contributed by atoms with Crippen molar-refractivity contribution < 1.29 is 9.59 Å². The molecule has 5 nitrogen and oxygen atoms in total. The molecule has 2 amide bonds. The van der Waals surface area contributed by atoms with Crippen LogP contribution in [0, 0.1) is 0 Å². The molecule has 0 aliphatic carbocycles. The summed E-state index contributed by atoms with van der Waals surface area (Å²) < 4.78 is 0. The first-order valence-corrected chi connectivity index (χ1v) is 8.24. The summed E-state index contributed by atoms with van der Waals surface area (Å²) in [7, 11) is 0. The molecular formula is C20H23N3O2. The van der Waals surface area contributed by atoms with Gasteiger partial charge in [0.1, 0.15) is 11.4 Å². The average Bonchev–Trinajstić information content (AvgIpc) is 2.64. The normalized spacial score (nSPS) is 10.4. The van der Waals surface area contributed by atoms with Crippen molar-refractivity contribution in [1.29, 1.82) is 0 Å². The van der Waals surface area contributed by atoms with Gasteiger partial charge in [-0.25, -0.2) is 4.98 Å². The fourth-order valence-corrected chi connectivity index (χ4v) is 2.35. The molecule has 0 atom stereocenters.